The first-order valence-electron chi connectivity index (χ1n) is 10.0. The molecular weight excluding hydrogens is 366 g/mol. The van der Waals surface area contributed by atoms with E-state index in [9.17, 15) is 4.79 Å². The van der Waals surface area contributed by atoms with Crippen molar-refractivity contribution in [3.8, 4) is 22.8 Å². The molecule has 0 spiro atoms. The van der Waals surface area contributed by atoms with Gasteiger partial charge in [0, 0.05) is 26.3 Å². The lowest BCUT2D eigenvalue weighted by molar-refractivity contribution is 0.0942. The van der Waals surface area contributed by atoms with Gasteiger partial charge in [-0.2, -0.15) is 5.10 Å². The topological polar surface area (TPSA) is 64.3 Å². The fraction of sp³-hybridized carbons (Fsp3) is 0.364. The molecule has 152 valence electrons. The van der Waals surface area contributed by atoms with Gasteiger partial charge in [0.15, 0.2) is 0 Å². The van der Waals surface area contributed by atoms with Crippen molar-refractivity contribution >= 4 is 5.91 Å². The van der Waals surface area contributed by atoms with Crippen LogP contribution in [0.4, 0.5) is 0 Å². The van der Waals surface area contributed by atoms with Gasteiger partial charge >= 0.3 is 0 Å². The number of nitrogens with zero attached hydrogens (tertiary/aromatic N) is 4. The highest BCUT2D eigenvalue weighted by Gasteiger charge is 2.19. The van der Waals surface area contributed by atoms with E-state index in [1.165, 1.54) is 12.8 Å². The molecule has 3 aromatic rings. The molecule has 3 heterocycles. The maximum Gasteiger partial charge on any atom is 0.270 e. The quantitative estimate of drug-likeness (QED) is 0.670. The molecule has 1 aromatic carbocycles. The molecule has 29 heavy (non-hydrogen) atoms. The Balaban J connectivity index is 1.60. The molecule has 0 aliphatic carbocycles. The van der Waals surface area contributed by atoms with Gasteiger partial charge in [0.2, 0.25) is 0 Å². The van der Waals surface area contributed by atoms with Crippen molar-refractivity contribution in [3.63, 3.8) is 0 Å². The van der Waals surface area contributed by atoms with Gasteiger partial charge in [0.1, 0.15) is 17.1 Å². The van der Waals surface area contributed by atoms with Gasteiger partial charge in [-0.25, -0.2) is 4.68 Å². The Labute approximate surface area is 170 Å². The van der Waals surface area contributed by atoms with Gasteiger partial charge in [0.05, 0.1) is 18.5 Å². The minimum atomic E-state index is -0.118. The molecule has 0 saturated carbocycles. The van der Waals surface area contributed by atoms with E-state index in [4.69, 9.17) is 9.84 Å². The number of benzene rings is 1. The number of methoxy groups -OCH3 is 1. The number of rotatable bonds is 7. The lowest BCUT2D eigenvalue weighted by Crippen LogP contribution is -2.34. The van der Waals surface area contributed by atoms with Crippen LogP contribution < -0.4 is 10.1 Å². The number of carbonyl (C=O) groups is 1. The van der Waals surface area contributed by atoms with E-state index in [1.807, 2.05) is 60.3 Å². The number of hydrogen-bond donors (Lipinski definition) is 1. The highest BCUT2D eigenvalue weighted by atomic mass is 16.5. The number of aryl methyl sites for hydroxylation is 1. The number of likely N-dealkylation sites (tertiary alicyclic amines) is 1. The Morgan fingerprint density at radius 2 is 1.93 bits per heavy atom. The first kappa shape index (κ1) is 19.3. The van der Waals surface area contributed by atoms with E-state index in [2.05, 4.69) is 10.2 Å². The first-order chi connectivity index (χ1) is 14.2. The van der Waals surface area contributed by atoms with Crippen LogP contribution in [0.2, 0.25) is 0 Å². The van der Waals surface area contributed by atoms with E-state index in [0.717, 1.165) is 42.5 Å². The first-order valence-corrected chi connectivity index (χ1v) is 10.0. The third-order valence-corrected chi connectivity index (χ3v) is 5.38. The normalized spacial score (nSPS) is 14.3. The molecule has 0 atom stereocenters. The zero-order valence-electron chi connectivity index (χ0n) is 17.0. The zero-order chi connectivity index (χ0) is 20.2. The van der Waals surface area contributed by atoms with Crippen LogP contribution in [0, 0.1) is 0 Å². The van der Waals surface area contributed by atoms with E-state index in [1.54, 1.807) is 11.8 Å². The summed E-state index contributed by atoms with van der Waals surface area (Å²) < 4.78 is 8.94. The van der Waals surface area contributed by atoms with Crippen molar-refractivity contribution < 1.29 is 9.53 Å². The predicted octanol–water partition coefficient (Wildman–Crippen LogP) is 2.71. The largest absolute Gasteiger partial charge is 0.497 e. The van der Waals surface area contributed by atoms with Gasteiger partial charge < -0.3 is 19.5 Å². The number of amides is 1. The van der Waals surface area contributed by atoms with Gasteiger partial charge in [-0.3, -0.25) is 4.79 Å². The van der Waals surface area contributed by atoms with Crippen molar-refractivity contribution in [3.05, 3.63) is 54.4 Å². The monoisotopic (exact) mass is 393 g/mol. The Morgan fingerprint density at radius 3 is 2.59 bits per heavy atom. The predicted molar refractivity (Wildman–Crippen MR) is 113 cm³/mol. The van der Waals surface area contributed by atoms with Gasteiger partial charge in [-0.05, 0) is 68.4 Å². The van der Waals surface area contributed by atoms with Crippen LogP contribution in [0.5, 0.6) is 5.75 Å². The minimum absolute atomic E-state index is 0.118. The van der Waals surface area contributed by atoms with Gasteiger partial charge in [-0.1, -0.05) is 0 Å². The number of carbonyl (C=O) groups excluding carboxylic acids is 1. The molecule has 1 N–H and O–H groups in total. The smallest absolute Gasteiger partial charge is 0.270 e. The van der Waals surface area contributed by atoms with Crippen molar-refractivity contribution in [1.82, 2.24) is 24.6 Å². The lowest BCUT2D eigenvalue weighted by Gasteiger charge is -2.15. The van der Waals surface area contributed by atoms with Crippen LogP contribution in [0.15, 0.2) is 48.7 Å². The molecule has 2 aromatic heterocycles. The standard InChI is InChI=1S/C22H27N5O2/c1-25-12-5-6-20(25)19-16-21(22(28)23-11-15-26-13-3-4-14-26)27(24-19)17-7-9-18(29-2)10-8-17/h5-10,12,16H,3-4,11,13-15H2,1-2H3,(H,23,28). The number of aromatic nitrogens is 3. The molecule has 7 nitrogen and oxygen atoms in total. The summed E-state index contributed by atoms with van der Waals surface area (Å²) in [5, 5.41) is 7.79. The average molecular weight is 393 g/mol. The van der Waals surface area contributed by atoms with Crippen molar-refractivity contribution in [1.29, 1.82) is 0 Å². The van der Waals surface area contributed by atoms with Gasteiger partial charge in [0.25, 0.3) is 5.91 Å². The average Bonchev–Trinajstić information content (AvgIpc) is 3.48. The van der Waals surface area contributed by atoms with Crippen LogP contribution in [-0.2, 0) is 7.05 Å². The summed E-state index contributed by atoms with van der Waals surface area (Å²) in [4.78, 5) is 15.4. The molecule has 4 rings (SSSR count). The van der Waals surface area contributed by atoms with E-state index >= 15 is 0 Å². The summed E-state index contributed by atoms with van der Waals surface area (Å²) in [6.45, 7) is 3.76. The van der Waals surface area contributed by atoms with Crippen molar-refractivity contribution in [2.75, 3.05) is 33.3 Å². The van der Waals surface area contributed by atoms with Crippen LogP contribution in [0.1, 0.15) is 23.3 Å². The van der Waals surface area contributed by atoms with Crippen LogP contribution in [-0.4, -0.2) is 58.4 Å². The maximum absolute atomic E-state index is 13.0. The SMILES string of the molecule is COc1ccc(-n2nc(-c3cccn3C)cc2C(=O)NCCN2CCCC2)cc1. The Hall–Kier alpha value is -3.06. The zero-order valence-corrected chi connectivity index (χ0v) is 17.0. The summed E-state index contributed by atoms with van der Waals surface area (Å²) in [5.41, 5.74) is 3.06. The maximum atomic E-state index is 13.0. The summed E-state index contributed by atoms with van der Waals surface area (Å²) >= 11 is 0. The number of hydrogen-bond acceptors (Lipinski definition) is 4. The third-order valence-electron chi connectivity index (χ3n) is 5.38. The van der Waals surface area contributed by atoms with E-state index in [0.29, 0.717) is 12.2 Å². The molecule has 1 saturated heterocycles. The molecule has 0 bridgehead atoms. The fourth-order valence-electron chi connectivity index (χ4n) is 3.74. The number of nitrogens with one attached hydrogen (secondary N) is 1. The van der Waals surface area contributed by atoms with E-state index in [-0.39, 0.29) is 5.91 Å². The minimum Gasteiger partial charge on any atom is -0.497 e. The molecule has 7 heteroatoms. The summed E-state index contributed by atoms with van der Waals surface area (Å²) in [6, 6.07) is 13.4. The second-order valence-electron chi connectivity index (χ2n) is 7.33. The van der Waals surface area contributed by atoms with Crippen LogP contribution in [0.25, 0.3) is 17.1 Å². The third kappa shape index (κ3) is 4.19. The Kier molecular flexibility index (Phi) is 5.67. The Bertz CT molecular complexity index is 968. The second kappa shape index (κ2) is 8.53. The van der Waals surface area contributed by atoms with Crippen LogP contribution >= 0.6 is 0 Å². The van der Waals surface area contributed by atoms with Crippen molar-refractivity contribution in [2.45, 2.75) is 12.8 Å². The highest BCUT2D eigenvalue weighted by molar-refractivity contribution is 5.94. The van der Waals surface area contributed by atoms with E-state index < -0.39 is 0 Å². The summed E-state index contributed by atoms with van der Waals surface area (Å²) in [7, 11) is 3.60. The fourth-order valence-corrected chi connectivity index (χ4v) is 3.74. The van der Waals surface area contributed by atoms with Crippen molar-refractivity contribution in [2.24, 2.45) is 7.05 Å². The summed E-state index contributed by atoms with van der Waals surface area (Å²) in [5.74, 6) is 0.646. The molecule has 1 amide bonds. The lowest BCUT2D eigenvalue weighted by atomic mass is 10.2. The Morgan fingerprint density at radius 1 is 1.17 bits per heavy atom. The second-order valence-corrected chi connectivity index (χ2v) is 7.33. The van der Waals surface area contributed by atoms with Gasteiger partial charge in [-0.15, -0.1) is 0 Å². The highest BCUT2D eigenvalue weighted by Crippen LogP contribution is 2.23. The molecule has 0 unspecified atom stereocenters. The molecule has 0 radical (unpaired) electrons. The van der Waals surface area contributed by atoms with Crippen LogP contribution in [0.3, 0.4) is 0 Å². The summed E-state index contributed by atoms with van der Waals surface area (Å²) in [6.07, 6.45) is 4.47. The molecular formula is C22H27N5O2. The number of ether oxygens (including phenoxy) is 1. The molecule has 1 aliphatic rings. The molecule has 1 fully saturated rings. The molecule has 1 aliphatic heterocycles.